The highest BCUT2D eigenvalue weighted by Crippen LogP contribution is 2.27. The first-order valence-electron chi connectivity index (χ1n) is 8.27. The number of hydrogen-bond donors (Lipinski definition) is 1. The average Bonchev–Trinajstić information content (AvgIpc) is 3.10. The fourth-order valence-electron chi connectivity index (χ4n) is 2.94. The number of likely N-dealkylation sites (tertiary alicyclic amines) is 1. The van der Waals surface area contributed by atoms with Crippen LogP contribution in [-0.2, 0) is 4.74 Å². The van der Waals surface area contributed by atoms with Crippen molar-refractivity contribution in [1.82, 2.24) is 15.0 Å². The summed E-state index contributed by atoms with van der Waals surface area (Å²) < 4.78 is 23.8. The van der Waals surface area contributed by atoms with Gasteiger partial charge in [-0.3, -0.25) is 0 Å². The van der Waals surface area contributed by atoms with Crippen LogP contribution in [0.15, 0.2) is 28.8 Å². The van der Waals surface area contributed by atoms with Gasteiger partial charge in [0.15, 0.2) is 0 Å². The van der Waals surface area contributed by atoms with Crippen LogP contribution in [0.25, 0.3) is 11.4 Å². The number of aromatic nitrogens is 2. The van der Waals surface area contributed by atoms with E-state index in [2.05, 4.69) is 15.0 Å². The van der Waals surface area contributed by atoms with Gasteiger partial charge in [-0.05, 0) is 43.7 Å². The van der Waals surface area contributed by atoms with Crippen LogP contribution in [0.2, 0.25) is 0 Å². The monoisotopic (exact) mass is 335 g/mol. The zero-order valence-corrected chi connectivity index (χ0v) is 13.5. The lowest BCUT2D eigenvalue weighted by molar-refractivity contribution is 0.0656. The van der Waals surface area contributed by atoms with Gasteiger partial charge >= 0.3 is 0 Å². The maximum atomic E-state index is 13.0. The van der Waals surface area contributed by atoms with Crippen molar-refractivity contribution in [2.24, 2.45) is 0 Å². The summed E-state index contributed by atoms with van der Waals surface area (Å²) in [4.78, 5) is 6.80. The molecule has 2 heterocycles. The first-order chi connectivity index (χ1) is 11.8. The lowest BCUT2D eigenvalue weighted by Crippen LogP contribution is -2.36. The number of hydrogen-bond acceptors (Lipinski definition) is 6. The highest BCUT2D eigenvalue weighted by molar-refractivity contribution is 5.53. The van der Waals surface area contributed by atoms with Crippen molar-refractivity contribution >= 4 is 0 Å². The lowest BCUT2D eigenvalue weighted by atomic mass is 9.98. The normalized spacial score (nSPS) is 18.8. The summed E-state index contributed by atoms with van der Waals surface area (Å²) in [5.41, 5.74) is 0.747. The molecule has 0 radical (unpaired) electrons. The summed E-state index contributed by atoms with van der Waals surface area (Å²) in [6.45, 7) is 3.75. The second-order valence-corrected chi connectivity index (χ2v) is 5.94. The molecule has 0 bridgehead atoms. The maximum Gasteiger partial charge on any atom is 0.231 e. The SMILES string of the molecule is OCCOCCN1CCCC(c2nc(-c3ccc(F)cc3)no2)C1. The highest BCUT2D eigenvalue weighted by atomic mass is 19.1. The first kappa shape index (κ1) is 17.0. The Morgan fingerprint density at radius 1 is 1.29 bits per heavy atom. The Labute approximate surface area is 140 Å². The summed E-state index contributed by atoms with van der Waals surface area (Å²) in [6.07, 6.45) is 2.08. The molecule has 0 saturated carbocycles. The Morgan fingerprint density at radius 2 is 2.12 bits per heavy atom. The number of nitrogens with zero attached hydrogens (tertiary/aromatic N) is 3. The Balaban J connectivity index is 1.59. The average molecular weight is 335 g/mol. The lowest BCUT2D eigenvalue weighted by Gasteiger charge is -2.30. The third-order valence-electron chi connectivity index (χ3n) is 4.19. The van der Waals surface area contributed by atoms with E-state index < -0.39 is 0 Å². The van der Waals surface area contributed by atoms with Gasteiger partial charge in [-0.15, -0.1) is 0 Å². The summed E-state index contributed by atoms with van der Waals surface area (Å²) in [6, 6.07) is 6.07. The van der Waals surface area contributed by atoms with E-state index in [1.807, 2.05) is 0 Å². The molecule has 1 aromatic heterocycles. The van der Waals surface area contributed by atoms with E-state index in [4.69, 9.17) is 14.4 Å². The topological polar surface area (TPSA) is 71.6 Å². The minimum Gasteiger partial charge on any atom is -0.394 e. The van der Waals surface area contributed by atoms with Gasteiger partial charge in [-0.1, -0.05) is 5.16 Å². The molecule has 1 unspecified atom stereocenters. The third-order valence-corrected chi connectivity index (χ3v) is 4.19. The molecule has 1 saturated heterocycles. The molecule has 6 nitrogen and oxygen atoms in total. The molecule has 24 heavy (non-hydrogen) atoms. The molecular formula is C17H22FN3O3. The van der Waals surface area contributed by atoms with Crippen LogP contribution in [0, 0.1) is 5.82 Å². The Hall–Kier alpha value is -1.83. The minimum atomic E-state index is -0.284. The molecule has 1 N–H and O–H groups in total. The van der Waals surface area contributed by atoms with Gasteiger partial charge < -0.3 is 19.3 Å². The molecule has 2 aromatic rings. The summed E-state index contributed by atoms with van der Waals surface area (Å²) >= 11 is 0. The quantitative estimate of drug-likeness (QED) is 0.781. The molecule has 1 atom stereocenters. The number of ether oxygens (including phenoxy) is 1. The third kappa shape index (κ3) is 4.37. The summed E-state index contributed by atoms with van der Waals surface area (Å²) in [7, 11) is 0. The van der Waals surface area contributed by atoms with Crippen LogP contribution in [0.3, 0.4) is 0 Å². The molecule has 0 spiro atoms. The number of rotatable bonds is 7. The number of aliphatic hydroxyl groups is 1. The number of piperidine rings is 1. The molecule has 0 amide bonds. The molecule has 1 aliphatic heterocycles. The van der Waals surface area contributed by atoms with Crippen molar-refractivity contribution in [3.8, 4) is 11.4 Å². The molecule has 7 heteroatoms. The van der Waals surface area contributed by atoms with E-state index in [1.54, 1.807) is 12.1 Å². The number of benzene rings is 1. The van der Waals surface area contributed by atoms with E-state index in [9.17, 15) is 4.39 Å². The molecule has 0 aliphatic carbocycles. The van der Waals surface area contributed by atoms with Crippen molar-refractivity contribution in [2.75, 3.05) is 39.5 Å². The van der Waals surface area contributed by atoms with Crippen molar-refractivity contribution in [3.63, 3.8) is 0 Å². The molecule has 1 aliphatic rings. The fraction of sp³-hybridized carbons (Fsp3) is 0.529. The Bertz CT molecular complexity index is 632. The maximum absolute atomic E-state index is 13.0. The number of aliphatic hydroxyl groups excluding tert-OH is 1. The fourth-order valence-corrected chi connectivity index (χ4v) is 2.94. The van der Waals surface area contributed by atoms with Gasteiger partial charge in [0.25, 0.3) is 0 Å². The van der Waals surface area contributed by atoms with Gasteiger partial charge in [0.1, 0.15) is 5.82 Å². The van der Waals surface area contributed by atoms with Crippen molar-refractivity contribution in [3.05, 3.63) is 36.0 Å². The van der Waals surface area contributed by atoms with Crippen molar-refractivity contribution in [2.45, 2.75) is 18.8 Å². The van der Waals surface area contributed by atoms with Gasteiger partial charge in [0, 0.05) is 18.7 Å². The van der Waals surface area contributed by atoms with Crippen LogP contribution in [0.1, 0.15) is 24.7 Å². The second kappa shape index (κ2) is 8.32. The predicted octanol–water partition coefficient (Wildman–Crippen LogP) is 2.06. The largest absolute Gasteiger partial charge is 0.394 e. The van der Waals surface area contributed by atoms with Gasteiger partial charge in [-0.25, -0.2) is 4.39 Å². The molecule has 1 fully saturated rings. The molecule has 130 valence electrons. The van der Waals surface area contributed by atoms with Crippen molar-refractivity contribution in [1.29, 1.82) is 0 Å². The molecular weight excluding hydrogens is 313 g/mol. The number of halogens is 1. The van der Waals surface area contributed by atoms with E-state index in [-0.39, 0.29) is 18.3 Å². The zero-order chi connectivity index (χ0) is 16.8. The van der Waals surface area contributed by atoms with Crippen LogP contribution in [0.4, 0.5) is 4.39 Å². The minimum absolute atomic E-state index is 0.0524. The van der Waals surface area contributed by atoms with Crippen LogP contribution in [-0.4, -0.2) is 59.6 Å². The smallest absolute Gasteiger partial charge is 0.231 e. The Kier molecular flexibility index (Phi) is 5.90. The highest BCUT2D eigenvalue weighted by Gasteiger charge is 2.26. The van der Waals surface area contributed by atoms with Crippen LogP contribution >= 0.6 is 0 Å². The van der Waals surface area contributed by atoms with Crippen molar-refractivity contribution < 1.29 is 18.8 Å². The molecule has 3 rings (SSSR count). The van der Waals surface area contributed by atoms with E-state index >= 15 is 0 Å². The standard InChI is InChI=1S/C17H22FN3O3/c18-15-5-3-13(4-6-15)16-19-17(24-20-16)14-2-1-7-21(12-14)8-10-23-11-9-22/h3-6,14,22H,1-2,7-12H2. The predicted molar refractivity (Wildman–Crippen MR) is 86.0 cm³/mol. The van der Waals surface area contributed by atoms with Gasteiger partial charge in [0.2, 0.25) is 11.7 Å². The van der Waals surface area contributed by atoms with Crippen LogP contribution in [0.5, 0.6) is 0 Å². The van der Waals surface area contributed by atoms with Gasteiger partial charge in [-0.2, -0.15) is 4.98 Å². The first-order valence-corrected chi connectivity index (χ1v) is 8.27. The second-order valence-electron chi connectivity index (χ2n) is 5.94. The summed E-state index contributed by atoms with van der Waals surface area (Å²) in [5.74, 6) is 1.05. The van der Waals surface area contributed by atoms with E-state index in [1.165, 1.54) is 12.1 Å². The zero-order valence-electron chi connectivity index (χ0n) is 13.5. The molecule has 1 aromatic carbocycles. The van der Waals surface area contributed by atoms with Crippen LogP contribution < -0.4 is 0 Å². The van der Waals surface area contributed by atoms with E-state index in [0.717, 1.165) is 38.0 Å². The van der Waals surface area contributed by atoms with Gasteiger partial charge in [0.05, 0.1) is 25.7 Å². The Morgan fingerprint density at radius 3 is 2.92 bits per heavy atom. The van der Waals surface area contributed by atoms with E-state index in [0.29, 0.717) is 24.9 Å². The summed E-state index contributed by atoms with van der Waals surface area (Å²) in [5, 5.41) is 12.7.